The third-order valence-electron chi connectivity index (χ3n) is 4.10. The SMILES string of the molecule is O=C(/C=C/c1cn(Cc2ccccc2)nn1)NC1CCCCC1. The standard InChI is InChI=1S/C18H22N4O/c23-18(19-16-9-5-2-6-10-16)12-11-17-14-22(21-20-17)13-15-7-3-1-4-8-15/h1,3-4,7-8,11-12,14,16H,2,5-6,9-10,13H2,(H,19,23)/b12-11+. The van der Waals surface area contributed by atoms with E-state index in [4.69, 9.17) is 0 Å². The molecule has 5 heteroatoms. The van der Waals surface area contributed by atoms with E-state index in [9.17, 15) is 4.79 Å². The quantitative estimate of drug-likeness (QED) is 0.864. The van der Waals surface area contributed by atoms with Crippen molar-refractivity contribution in [2.24, 2.45) is 0 Å². The van der Waals surface area contributed by atoms with Gasteiger partial charge in [-0.05, 0) is 24.5 Å². The Morgan fingerprint density at radius 2 is 2.00 bits per heavy atom. The van der Waals surface area contributed by atoms with Crippen LogP contribution in [0.1, 0.15) is 43.4 Å². The van der Waals surface area contributed by atoms with Crippen LogP contribution in [-0.2, 0) is 11.3 Å². The molecule has 23 heavy (non-hydrogen) atoms. The summed E-state index contributed by atoms with van der Waals surface area (Å²) in [5.41, 5.74) is 1.86. The highest BCUT2D eigenvalue weighted by Gasteiger charge is 2.14. The predicted octanol–water partition coefficient (Wildman–Crippen LogP) is 2.79. The van der Waals surface area contributed by atoms with E-state index in [1.165, 1.54) is 24.8 Å². The molecule has 1 saturated carbocycles. The van der Waals surface area contributed by atoms with Crippen molar-refractivity contribution in [1.29, 1.82) is 0 Å². The van der Waals surface area contributed by atoms with Gasteiger partial charge in [-0.2, -0.15) is 0 Å². The van der Waals surface area contributed by atoms with E-state index in [0.717, 1.165) is 12.8 Å². The van der Waals surface area contributed by atoms with Crippen LogP contribution in [0.15, 0.2) is 42.6 Å². The Bertz CT molecular complexity index is 657. The summed E-state index contributed by atoms with van der Waals surface area (Å²) in [5, 5.41) is 11.2. The van der Waals surface area contributed by atoms with E-state index in [0.29, 0.717) is 18.3 Å². The molecular weight excluding hydrogens is 288 g/mol. The number of nitrogens with one attached hydrogen (secondary N) is 1. The van der Waals surface area contributed by atoms with Crippen molar-refractivity contribution in [3.8, 4) is 0 Å². The summed E-state index contributed by atoms with van der Waals surface area (Å²) in [7, 11) is 0. The lowest BCUT2D eigenvalue weighted by molar-refractivity contribution is -0.117. The fourth-order valence-corrected chi connectivity index (χ4v) is 2.89. The molecule has 1 amide bonds. The van der Waals surface area contributed by atoms with Gasteiger partial charge in [0.2, 0.25) is 5.91 Å². The summed E-state index contributed by atoms with van der Waals surface area (Å²) in [6.45, 7) is 0.677. The van der Waals surface area contributed by atoms with Gasteiger partial charge in [-0.1, -0.05) is 54.8 Å². The van der Waals surface area contributed by atoms with Crippen molar-refractivity contribution in [3.63, 3.8) is 0 Å². The van der Waals surface area contributed by atoms with Gasteiger partial charge in [0.05, 0.1) is 12.7 Å². The van der Waals surface area contributed by atoms with Crippen molar-refractivity contribution in [1.82, 2.24) is 20.3 Å². The molecular formula is C18H22N4O. The summed E-state index contributed by atoms with van der Waals surface area (Å²) in [6, 6.07) is 10.4. The third-order valence-corrected chi connectivity index (χ3v) is 4.10. The number of hydrogen-bond donors (Lipinski definition) is 1. The average Bonchev–Trinajstić information content (AvgIpc) is 3.02. The van der Waals surface area contributed by atoms with Gasteiger partial charge in [0.25, 0.3) is 0 Å². The molecule has 0 aliphatic heterocycles. The lowest BCUT2D eigenvalue weighted by atomic mass is 9.95. The molecule has 0 unspecified atom stereocenters. The first kappa shape index (κ1) is 15.5. The molecule has 0 radical (unpaired) electrons. The third kappa shape index (κ3) is 4.77. The molecule has 1 aromatic carbocycles. The van der Waals surface area contributed by atoms with Crippen molar-refractivity contribution in [2.75, 3.05) is 0 Å². The van der Waals surface area contributed by atoms with Crippen LogP contribution in [0.25, 0.3) is 6.08 Å². The monoisotopic (exact) mass is 310 g/mol. The highest BCUT2D eigenvalue weighted by atomic mass is 16.1. The largest absolute Gasteiger partial charge is 0.350 e. The molecule has 0 saturated heterocycles. The number of amides is 1. The first-order valence-corrected chi connectivity index (χ1v) is 8.22. The van der Waals surface area contributed by atoms with Gasteiger partial charge in [0, 0.05) is 12.1 Å². The number of carbonyl (C=O) groups excluding carboxylic acids is 1. The van der Waals surface area contributed by atoms with Crippen LogP contribution >= 0.6 is 0 Å². The Morgan fingerprint density at radius 3 is 2.78 bits per heavy atom. The zero-order valence-corrected chi connectivity index (χ0v) is 13.2. The van der Waals surface area contributed by atoms with Crippen LogP contribution < -0.4 is 5.32 Å². The van der Waals surface area contributed by atoms with Crippen molar-refractivity contribution >= 4 is 12.0 Å². The van der Waals surface area contributed by atoms with Crippen LogP contribution in [-0.4, -0.2) is 26.9 Å². The number of hydrogen-bond acceptors (Lipinski definition) is 3. The molecule has 1 N–H and O–H groups in total. The van der Waals surface area contributed by atoms with Gasteiger partial charge in [-0.15, -0.1) is 5.10 Å². The van der Waals surface area contributed by atoms with Crippen LogP contribution in [0.5, 0.6) is 0 Å². The molecule has 0 bridgehead atoms. The maximum Gasteiger partial charge on any atom is 0.244 e. The first-order valence-electron chi connectivity index (χ1n) is 8.22. The zero-order valence-electron chi connectivity index (χ0n) is 13.2. The Kier molecular flexibility index (Phi) is 5.19. The first-order chi connectivity index (χ1) is 11.3. The van der Waals surface area contributed by atoms with Gasteiger partial charge in [0.15, 0.2) is 0 Å². The molecule has 2 aromatic rings. The minimum absolute atomic E-state index is 0.0468. The van der Waals surface area contributed by atoms with E-state index < -0.39 is 0 Å². The Labute approximate surface area is 136 Å². The summed E-state index contributed by atoms with van der Waals surface area (Å²) in [5.74, 6) is -0.0468. The number of aromatic nitrogens is 3. The molecule has 1 aromatic heterocycles. The lowest BCUT2D eigenvalue weighted by Crippen LogP contribution is -2.34. The fraction of sp³-hybridized carbons (Fsp3) is 0.389. The summed E-state index contributed by atoms with van der Waals surface area (Å²) >= 11 is 0. The topological polar surface area (TPSA) is 59.8 Å². The summed E-state index contributed by atoms with van der Waals surface area (Å²) < 4.78 is 1.77. The van der Waals surface area contributed by atoms with E-state index in [1.54, 1.807) is 16.8 Å². The Balaban J connectivity index is 1.52. The van der Waals surface area contributed by atoms with E-state index >= 15 is 0 Å². The number of rotatable bonds is 5. The highest BCUT2D eigenvalue weighted by Crippen LogP contribution is 2.17. The molecule has 5 nitrogen and oxygen atoms in total. The van der Waals surface area contributed by atoms with E-state index in [1.807, 2.05) is 24.4 Å². The highest BCUT2D eigenvalue weighted by molar-refractivity contribution is 5.91. The molecule has 0 atom stereocenters. The van der Waals surface area contributed by atoms with Crippen molar-refractivity contribution in [2.45, 2.75) is 44.7 Å². The van der Waals surface area contributed by atoms with Crippen LogP contribution in [0.2, 0.25) is 0 Å². The minimum Gasteiger partial charge on any atom is -0.350 e. The van der Waals surface area contributed by atoms with E-state index in [2.05, 4.69) is 27.8 Å². The lowest BCUT2D eigenvalue weighted by Gasteiger charge is -2.21. The molecule has 1 aliphatic carbocycles. The maximum absolute atomic E-state index is 11.9. The average molecular weight is 310 g/mol. The number of nitrogens with zero attached hydrogens (tertiary/aromatic N) is 3. The molecule has 1 aliphatic rings. The van der Waals surface area contributed by atoms with Crippen LogP contribution in [0.4, 0.5) is 0 Å². The number of carbonyl (C=O) groups is 1. The van der Waals surface area contributed by atoms with Gasteiger partial charge in [-0.3, -0.25) is 4.79 Å². The Hall–Kier alpha value is -2.43. The fourth-order valence-electron chi connectivity index (χ4n) is 2.89. The normalized spacial score (nSPS) is 15.8. The molecule has 0 spiro atoms. The smallest absolute Gasteiger partial charge is 0.244 e. The zero-order chi connectivity index (χ0) is 15.9. The second-order valence-electron chi connectivity index (χ2n) is 6.00. The van der Waals surface area contributed by atoms with Crippen molar-refractivity contribution in [3.05, 3.63) is 53.9 Å². The number of benzene rings is 1. The van der Waals surface area contributed by atoms with Crippen LogP contribution in [0, 0.1) is 0 Å². The molecule has 3 rings (SSSR count). The predicted molar refractivity (Wildman–Crippen MR) is 89.6 cm³/mol. The minimum atomic E-state index is -0.0468. The van der Waals surface area contributed by atoms with Gasteiger partial charge < -0.3 is 5.32 Å². The van der Waals surface area contributed by atoms with Gasteiger partial charge in [-0.25, -0.2) is 4.68 Å². The molecule has 1 heterocycles. The van der Waals surface area contributed by atoms with E-state index in [-0.39, 0.29) is 5.91 Å². The molecule has 1 fully saturated rings. The summed E-state index contributed by atoms with van der Waals surface area (Å²) in [4.78, 5) is 11.9. The summed E-state index contributed by atoms with van der Waals surface area (Å²) in [6.07, 6.45) is 11.0. The van der Waals surface area contributed by atoms with Gasteiger partial charge in [0.1, 0.15) is 5.69 Å². The molecule has 120 valence electrons. The maximum atomic E-state index is 11.9. The Morgan fingerprint density at radius 1 is 1.22 bits per heavy atom. The van der Waals surface area contributed by atoms with Crippen LogP contribution in [0.3, 0.4) is 0 Å². The van der Waals surface area contributed by atoms with Crippen molar-refractivity contribution < 1.29 is 4.79 Å². The second kappa shape index (κ2) is 7.72. The van der Waals surface area contributed by atoms with Gasteiger partial charge >= 0.3 is 0 Å². The second-order valence-corrected chi connectivity index (χ2v) is 6.00.